The Morgan fingerprint density at radius 2 is 2.00 bits per heavy atom. The van der Waals surface area contributed by atoms with Crippen molar-refractivity contribution in [3.8, 4) is 5.88 Å². The summed E-state index contributed by atoms with van der Waals surface area (Å²) >= 11 is 0. The van der Waals surface area contributed by atoms with Crippen molar-refractivity contribution >= 4 is 5.97 Å². The number of nitrogens with zero attached hydrogens (tertiary/aromatic N) is 1. The van der Waals surface area contributed by atoms with E-state index in [-0.39, 0.29) is 12.4 Å². The molecule has 4 heteroatoms. The van der Waals surface area contributed by atoms with Gasteiger partial charge in [-0.15, -0.1) is 6.58 Å². The van der Waals surface area contributed by atoms with Crippen LogP contribution in [0.3, 0.4) is 0 Å². The third-order valence-electron chi connectivity index (χ3n) is 4.41. The first-order valence-corrected chi connectivity index (χ1v) is 8.23. The summed E-state index contributed by atoms with van der Waals surface area (Å²) in [6, 6.07) is 3.85. The summed E-state index contributed by atoms with van der Waals surface area (Å²) in [6.45, 7) is 12.1. The standard InChI is InChI=1S/C20H29NO3/c1-8-16(9-2)20(12-14(3)4,13-19(22)24-7)17-10-11-18(23-6)21-15(17)5/h8,10-11H,3,9,12-13H2,1-2,4-7H3/t20-/m1/s1. The zero-order valence-electron chi connectivity index (χ0n) is 15.7. The molecule has 0 aliphatic carbocycles. The molecule has 0 amide bonds. The molecule has 1 heterocycles. The number of esters is 1. The van der Waals surface area contributed by atoms with Gasteiger partial charge in [-0.25, -0.2) is 4.98 Å². The van der Waals surface area contributed by atoms with E-state index in [1.54, 1.807) is 7.11 Å². The minimum Gasteiger partial charge on any atom is -0.481 e. The number of allylic oxidation sites excluding steroid dienone is 3. The van der Waals surface area contributed by atoms with Crippen molar-refractivity contribution in [2.45, 2.75) is 52.4 Å². The van der Waals surface area contributed by atoms with Crippen LogP contribution in [0, 0.1) is 6.92 Å². The highest BCUT2D eigenvalue weighted by Crippen LogP contribution is 2.44. The number of aromatic nitrogens is 1. The Bertz CT molecular complexity index is 634. The van der Waals surface area contributed by atoms with E-state index in [4.69, 9.17) is 9.47 Å². The molecule has 0 saturated heterocycles. The van der Waals surface area contributed by atoms with Crippen LogP contribution >= 0.6 is 0 Å². The molecule has 0 aliphatic rings. The van der Waals surface area contributed by atoms with E-state index in [2.05, 4.69) is 24.6 Å². The molecule has 1 aromatic heterocycles. The van der Waals surface area contributed by atoms with Gasteiger partial charge in [-0.05, 0) is 39.2 Å². The molecule has 132 valence electrons. The number of carbonyl (C=O) groups excluding carboxylic acids is 1. The monoisotopic (exact) mass is 331 g/mol. The molecular formula is C20H29NO3. The Morgan fingerprint density at radius 3 is 2.42 bits per heavy atom. The fourth-order valence-electron chi connectivity index (χ4n) is 3.46. The van der Waals surface area contributed by atoms with Gasteiger partial charge in [0.05, 0.1) is 20.6 Å². The average Bonchev–Trinajstić information content (AvgIpc) is 2.54. The van der Waals surface area contributed by atoms with Crippen molar-refractivity contribution in [1.82, 2.24) is 4.98 Å². The van der Waals surface area contributed by atoms with Crippen LogP contribution in [0.25, 0.3) is 0 Å². The second kappa shape index (κ2) is 8.67. The van der Waals surface area contributed by atoms with E-state index in [1.165, 1.54) is 12.7 Å². The van der Waals surface area contributed by atoms with Crippen molar-refractivity contribution in [2.24, 2.45) is 0 Å². The lowest BCUT2D eigenvalue weighted by Crippen LogP contribution is -2.34. The van der Waals surface area contributed by atoms with Crippen LogP contribution in [0.5, 0.6) is 5.88 Å². The molecule has 0 radical (unpaired) electrons. The van der Waals surface area contributed by atoms with Crippen molar-refractivity contribution in [2.75, 3.05) is 14.2 Å². The van der Waals surface area contributed by atoms with Gasteiger partial charge in [0, 0.05) is 17.2 Å². The molecule has 0 unspecified atom stereocenters. The van der Waals surface area contributed by atoms with Crippen LogP contribution in [0.2, 0.25) is 0 Å². The summed E-state index contributed by atoms with van der Waals surface area (Å²) in [5, 5.41) is 0. The van der Waals surface area contributed by atoms with Crippen molar-refractivity contribution in [3.63, 3.8) is 0 Å². The van der Waals surface area contributed by atoms with Crippen LogP contribution in [0.4, 0.5) is 0 Å². The molecule has 0 bridgehead atoms. The van der Waals surface area contributed by atoms with Crippen LogP contribution in [-0.4, -0.2) is 25.2 Å². The van der Waals surface area contributed by atoms with E-state index in [0.717, 1.165) is 23.3 Å². The number of ether oxygens (including phenoxy) is 2. The average molecular weight is 331 g/mol. The largest absolute Gasteiger partial charge is 0.481 e. The van der Waals surface area contributed by atoms with Gasteiger partial charge in [0.1, 0.15) is 0 Å². The number of methoxy groups -OCH3 is 2. The summed E-state index contributed by atoms with van der Waals surface area (Å²) in [4.78, 5) is 16.7. The number of pyridine rings is 1. The topological polar surface area (TPSA) is 48.4 Å². The van der Waals surface area contributed by atoms with Crippen molar-refractivity contribution in [3.05, 3.63) is 47.2 Å². The summed E-state index contributed by atoms with van der Waals surface area (Å²) in [6.07, 6.45) is 3.87. The molecular weight excluding hydrogens is 302 g/mol. The second-order valence-corrected chi connectivity index (χ2v) is 6.12. The Hall–Kier alpha value is -2.10. The Balaban J connectivity index is 3.65. The highest BCUT2D eigenvalue weighted by Gasteiger charge is 2.39. The van der Waals surface area contributed by atoms with Gasteiger partial charge in [-0.2, -0.15) is 0 Å². The minimum atomic E-state index is -0.494. The fraction of sp³-hybridized carbons (Fsp3) is 0.500. The molecule has 4 nitrogen and oxygen atoms in total. The predicted molar refractivity (Wildman–Crippen MR) is 97.3 cm³/mol. The molecule has 24 heavy (non-hydrogen) atoms. The van der Waals surface area contributed by atoms with Gasteiger partial charge in [0.25, 0.3) is 0 Å². The van der Waals surface area contributed by atoms with Gasteiger partial charge in [-0.1, -0.05) is 30.2 Å². The number of hydrogen-bond donors (Lipinski definition) is 0. The predicted octanol–water partition coefficient (Wildman–Crippen LogP) is 4.52. The molecule has 0 spiro atoms. The third-order valence-corrected chi connectivity index (χ3v) is 4.41. The molecule has 1 atom stereocenters. The van der Waals surface area contributed by atoms with Gasteiger partial charge >= 0.3 is 5.97 Å². The molecule has 0 fully saturated rings. The molecule has 0 saturated carbocycles. The van der Waals surface area contributed by atoms with Crippen LogP contribution in [0.15, 0.2) is 35.9 Å². The van der Waals surface area contributed by atoms with Crippen molar-refractivity contribution in [1.29, 1.82) is 0 Å². The SMILES string of the molecule is C=C(C)C[C@@](CC(=O)OC)(C(=CC)CC)c1ccc(OC)nc1C. The molecule has 1 rings (SSSR count). The first kappa shape index (κ1) is 19.9. The number of rotatable bonds is 8. The summed E-state index contributed by atoms with van der Waals surface area (Å²) in [5.74, 6) is 0.330. The fourth-order valence-corrected chi connectivity index (χ4v) is 3.46. The van der Waals surface area contributed by atoms with Gasteiger partial charge in [0.15, 0.2) is 0 Å². The summed E-state index contributed by atoms with van der Waals surface area (Å²) in [7, 11) is 3.02. The first-order chi connectivity index (χ1) is 11.3. The van der Waals surface area contributed by atoms with Gasteiger partial charge < -0.3 is 9.47 Å². The molecule has 1 aromatic rings. The Kier molecular flexibility index (Phi) is 7.20. The number of aryl methyl sites for hydroxylation is 1. The lowest BCUT2D eigenvalue weighted by molar-refractivity contribution is -0.141. The smallest absolute Gasteiger partial charge is 0.306 e. The van der Waals surface area contributed by atoms with Crippen molar-refractivity contribution < 1.29 is 14.3 Å². The van der Waals surface area contributed by atoms with E-state index < -0.39 is 5.41 Å². The van der Waals surface area contributed by atoms with Crippen LogP contribution < -0.4 is 4.74 Å². The highest BCUT2D eigenvalue weighted by atomic mass is 16.5. The zero-order chi connectivity index (χ0) is 18.3. The molecule has 0 aliphatic heterocycles. The van der Waals surface area contributed by atoms with Crippen LogP contribution in [-0.2, 0) is 14.9 Å². The quantitative estimate of drug-likeness (QED) is 0.519. The lowest BCUT2D eigenvalue weighted by Gasteiger charge is -2.37. The van der Waals surface area contributed by atoms with E-state index in [0.29, 0.717) is 12.3 Å². The van der Waals surface area contributed by atoms with E-state index in [1.807, 2.05) is 32.9 Å². The highest BCUT2D eigenvalue weighted by molar-refractivity contribution is 5.73. The lowest BCUT2D eigenvalue weighted by atomic mass is 9.66. The maximum Gasteiger partial charge on any atom is 0.306 e. The van der Waals surface area contributed by atoms with Crippen LogP contribution in [0.1, 0.15) is 51.3 Å². The summed E-state index contributed by atoms with van der Waals surface area (Å²) < 4.78 is 10.2. The number of carbonyl (C=O) groups is 1. The number of hydrogen-bond acceptors (Lipinski definition) is 4. The first-order valence-electron chi connectivity index (χ1n) is 8.23. The molecule has 0 aromatic carbocycles. The second-order valence-electron chi connectivity index (χ2n) is 6.12. The molecule has 0 N–H and O–H groups in total. The maximum absolute atomic E-state index is 12.2. The van der Waals surface area contributed by atoms with Gasteiger partial charge in [-0.3, -0.25) is 4.79 Å². The van der Waals surface area contributed by atoms with E-state index >= 15 is 0 Å². The Morgan fingerprint density at radius 1 is 1.33 bits per heavy atom. The third kappa shape index (κ3) is 4.25. The Labute approximate surface area is 145 Å². The zero-order valence-corrected chi connectivity index (χ0v) is 15.7. The summed E-state index contributed by atoms with van der Waals surface area (Å²) in [5.41, 5.74) is 3.58. The maximum atomic E-state index is 12.2. The normalized spacial score (nSPS) is 14.0. The van der Waals surface area contributed by atoms with Gasteiger partial charge in [0.2, 0.25) is 5.88 Å². The van der Waals surface area contributed by atoms with E-state index in [9.17, 15) is 4.79 Å². The minimum absolute atomic E-state index is 0.237.